The summed E-state index contributed by atoms with van der Waals surface area (Å²) in [7, 11) is 0. The molecule has 0 aliphatic rings. The number of hydrogen-bond donors (Lipinski definition) is 2. The average molecular weight is 245 g/mol. The van der Waals surface area contributed by atoms with E-state index in [2.05, 4.69) is 0 Å². The standard InChI is InChI=1S/C10H6F3NO3/c11-10(12,13)7-3-5(8(15)9(16)17)1-2-6(7)4-14/h1-3,8,15H,(H,16,17). The number of aliphatic hydroxyl groups excluding tert-OH is 1. The monoisotopic (exact) mass is 245 g/mol. The minimum absolute atomic E-state index is 0.427. The number of hydrogen-bond acceptors (Lipinski definition) is 3. The molecule has 1 rings (SSSR count). The van der Waals surface area contributed by atoms with E-state index in [1.165, 1.54) is 6.07 Å². The molecule has 7 heteroatoms. The number of aliphatic carboxylic acids is 1. The van der Waals surface area contributed by atoms with E-state index in [1.807, 2.05) is 0 Å². The number of nitrogens with zero attached hydrogens (tertiary/aromatic N) is 1. The highest BCUT2D eigenvalue weighted by Gasteiger charge is 2.34. The van der Waals surface area contributed by atoms with Gasteiger partial charge >= 0.3 is 12.1 Å². The number of rotatable bonds is 2. The first-order valence-electron chi connectivity index (χ1n) is 4.29. The van der Waals surface area contributed by atoms with Crippen LogP contribution in [0.5, 0.6) is 0 Å². The molecular weight excluding hydrogens is 239 g/mol. The number of halogens is 3. The second-order valence-electron chi connectivity index (χ2n) is 3.16. The predicted molar refractivity (Wildman–Crippen MR) is 48.8 cm³/mol. The Labute approximate surface area is 93.5 Å². The third-order valence-electron chi connectivity index (χ3n) is 2.02. The lowest BCUT2D eigenvalue weighted by atomic mass is 10.0. The largest absolute Gasteiger partial charge is 0.479 e. The highest BCUT2D eigenvalue weighted by molar-refractivity contribution is 5.74. The summed E-state index contributed by atoms with van der Waals surface area (Å²) in [5, 5.41) is 26.1. The molecule has 0 saturated heterocycles. The van der Waals surface area contributed by atoms with Crippen molar-refractivity contribution in [3.05, 3.63) is 34.9 Å². The SMILES string of the molecule is N#Cc1ccc(C(O)C(=O)O)cc1C(F)(F)F. The van der Waals surface area contributed by atoms with Crippen molar-refractivity contribution >= 4 is 5.97 Å². The molecule has 1 unspecified atom stereocenters. The molecule has 0 aliphatic heterocycles. The van der Waals surface area contributed by atoms with Crippen LogP contribution in [0.2, 0.25) is 0 Å². The van der Waals surface area contributed by atoms with Crippen LogP contribution in [-0.2, 0) is 11.0 Å². The molecule has 0 saturated carbocycles. The second-order valence-corrected chi connectivity index (χ2v) is 3.16. The lowest BCUT2D eigenvalue weighted by Gasteiger charge is -2.12. The molecule has 17 heavy (non-hydrogen) atoms. The second kappa shape index (κ2) is 4.43. The molecule has 0 aromatic heterocycles. The maximum absolute atomic E-state index is 12.5. The summed E-state index contributed by atoms with van der Waals surface area (Å²) in [6.07, 6.45) is -6.83. The van der Waals surface area contributed by atoms with Gasteiger partial charge in [0.05, 0.1) is 17.2 Å². The van der Waals surface area contributed by atoms with Gasteiger partial charge in [0, 0.05) is 0 Å². The first-order chi connectivity index (χ1) is 7.77. The molecule has 0 spiro atoms. The molecule has 1 aromatic carbocycles. The molecular formula is C10H6F3NO3. The summed E-state index contributed by atoms with van der Waals surface area (Å²) >= 11 is 0. The summed E-state index contributed by atoms with van der Waals surface area (Å²) in [4.78, 5) is 10.4. The van der Waals surface area contributed by atoms with Gasteiger partial charge in [-0.2, -0.15) is 18.4 Å². The van der Waals surface area contributed by atoms with Crippen molar-refractivity contribution in [2.45, 2.75) is 12.3 Å². The third-order valence-corrected chi connectivity index (χ3v) is 2.02. The number of carboxylic acid groups (broad SMARTS) is 1. The molecule has 90 valence electrons. The van der Waals surface area contributed by atoms with Crippen LogP contribution in [-0.4, -0.2) is 16.2 Å². The van der Waals surface area contributed by atoms with Gasteiger partial charge < -0.3 is 10.2 Å². The van der Waals surface area contributed by atoms with Gasteiger partial charge in [-0.05, 0) is 17.7 Å². The van der Waals surface area contributed by atoms with Crippen LogP contribution < -0.4 is 0 Å². The van der Waals surface area contributed by atoms with Gasteiger partial charge in [-0.1, -0.05) is 6.07 Å². The van der Waals surface area contributed by atoms with Crippen molar-refractivity contribution in [1.82, 2.24) is 0 Å². The molecule has 1 aromatic rings. The Kier molecular flexibility index (Phi) is 3.39. The fraction of sp³-hybridized carbons (Fsp3) is 0.200. The van der Waals surface area contributed by atoms with Crippen molar-refractivity contribution in [1.29, 1.82) is 5.26 Å². The maximum atomic E-state index is 12.5. The molecule has 0 radical (unpaired) electrons. The van der Waals surface area contributed by atoms with E-state index in [0.29, 0.717) is 6.07 Å². The zero-order chi connectivity index (χ0) is 13.2. The molecule has 0 bridgehead atoms. The molecule has 0 heterocycles. The van der Waals surface area contributed by atoms with E-state index >= 15 is 0 Å². The quantitative estimate of drug-likeness (QED) is 0.830. The number of carboxylic acids is 1. The van der Waals surface area contributed by atoms with E-state index in [4.69, 9.17) is 15.5 Å². The van der Waals surface area contributed by atoms with Crippen LogP contribution in [0.3, 0.4) is 0 Å². The van der Waals surface area contributed by atoms with Gasteiger partial charge in [-0.3, -0.25) is 0 Å². The number of benzene rings is 1. The smallest absolute Gasteiger partial charge is 0.417 e. The summed E-state index contributed by atoms with van der Waals surface area (Å²) < 4.78 is 37.5. The molecule has 2 N–H and O–H groups in total. The summed E-state index contributed by atoms with van der Waals surface area (Å²) in [6.45, 7) is 0. The molecule has 0 fully saturated rings. The van der Waals surface area contributed by atoms with E-state index in [-0.39, 0.29) is 0 Å². The number of carbonyl (C=O) groups is 1. The van der Waals surface area contributed by atoms with E-state index in [0.717, 1.165) is 12.1 Å². The Morgan fingerprint density at radius 3 is 2.41 bits per heavy atom. The van der Waals surface area contributed by atoms with Crippen molar-refractivity contribution < 1.29 is 28.2 Å². The van der Waals surface area contributed by atoms with Crippen LogP contribution in [0.1, 0.15) is 22.8 Å². The Hall–Kier alpha value is -2.07. The fourth-order valence-electron chi connectivity index (χ4n) is 1.21. The van der Waals surface area contributed by atoms with Gasteiger partial charge in [0.15, 0.2) is 6.10 Å². The Bertz CT molecular complexity index is 491. The van der Waals surface area contributed by atoms with Crippen LogP contribution in [0, 0.1) is 11.3 Å². The van der Waals surface area contributed by atoms with Crippen molar-refractivity contribution in [3.8, 4) is 6.07 Å². The van der Waals surface area contributed by atoms with Gasteiger partial charge in [-0.25, -0.2) is 4.79 Å². The first-order valence-corrected chi connectivity index (χ1v) is 4.29. The van der Waals surface area contributed by atoms with Gasteiger partial charge in [0.1, 0.15) is 0 Å². The van der Waals surface area contributed by atoms with Crippen LogP contribution in [0.25, 0.3) is 0 Å². The van der Waals surface area contributed by atoms with Crippen molar-refractivity contribution in [3.63, 3.8) is 0 Å². The van der Waals surface area contributed by atoms with Gasteiger partial charge in [0.2, 0.25) is 0 Å². The Morgan fingerprint density at radius 1 is 1.41 bits per heavy atom. The average Bonchev–Trinajstić information content (AvgIpc) is 2.25. The van der Waals surface area contributed by atoms with E-state index in [1.54, 1.807) is 0 Å². The fourth-order valence-corrected chi connectivity index (χ4v) is 1.21. The first kappa shape index (κ1) is 13.0. The minimum atomic E-state index is -4.78. The molecule has 4 nitrogen and oxygen atoms in total. The Morgan fingerprint density at radius 2 is 2.00 bits per heavy atom. The molecule has 1 atom stereocenters. The van der Waals surface area contributed by atoms with Gasteiger partial charge in [-0.15, -0.1) is 0 Å². The zero-order valence-electron chi connectivity index (χ0n) is 8.19. The predicted octanol–water partition coefficient (Wildman–Crippen LogP) is 1.70. The highest BCUT2D eigenvalue weighted by atomic mass is 19.4. The summed E-state index contributed by atoms with van der Waals surface area (Å²) in [5.74, 6) is -1.66. The maximum Gasteiger partial charge on any atom is 0.417 e. The normalized spacial score (nSPS) is 12.9. The number of alkyl halides is 3. The molecule has 0 aliphatic carbocycles. The third kappa shape index (κ3) is 2.73. The molecule has 0 amide bonds. The highest BCUT2D eigenvalue weighted by Crippen LogP contribution is 2.33. The summed E-state index contributed by atoms with van der Waals surface area (Å²) in [5.41, 5.74) is -2.32. The number of aliphatic hydroxyl groups is 1. The van der Waals surface area contributed by atoms with Gasteiger partial charge in [0.25, 0.3) is 0 Å². The van der Waals surface area contributed by atoms with Crippen molar-refractivity contribution in [2.75, 3.05) is 0 Å². The van der Waals surface area contributed by atoms with Crippen LogP contribution in [0.4, 0.5) is 13.2 Å². The topological polar surface area (TPSA) is 81.3 Å². The summed E-state index contributed by atoms with van der Waals surface area (Å²) in [6, 6.07) is 3.59. The van der Waals surface area contributed by atoms with E-state index in [9.17, 15) is 18.0 Å². The lowest BCUT2D eigenvalue weighted by molar-refractivity contribution is -0.147. The van der Waals surface area contributed by atoms with Crippen molar-refractivity contribution in [2.24, 2.45) is 0 Å². The number of nitriles is 1. The van der Waals surface area contributed by atoms with Crippen LogP contribution >= 0.6 is 0 Å². The van der Waals surface area contributed by atoms with E-state index < -0.39 is 34.9 Å². The minimum Gasteiger partial charge on any atom is -0.479 e. The van der Waals surface area contributed by atoms with Crippen LogP contribution in [0.15, 0.2) is 18.2 Å². The Balaban J connectivity index is 3.34. The lowest BCUT2D eigenvalue weighted by Crippen LogP contribution is -2.14. The zero-order valence-corrected chi connectivity index (χ0v) is 8.19.